The van der Waals surface area contributed by atoms with E-state index in [2.05, 4.69) is 15.6 Å². The molecule has 0 aliphatic rings. The highest BCUT2D eigenvalue weighted by Gasteiger charge is 2.13. The van der Waals surface area contributed by atoms with E-state index < -0.39 is 10.0 Å². The number of ether oxygens (including phenoxy) is 1. The van der Waals surface area contributed by atoms with E-state index >= 15 is 0 Å². The molecular weight excluding hydrogens is 268 g/mol. The average molecular weight is 294 g/mol. The van der Waals surface area contributed by atoms with Crippen molar-refractivity contribution in [2.75, 3.05) is 53.2 Å². The van der Waals surface area contributed by atoms with Gasteiger partial charge in [0.1, 0.15) is 0 Å². The van der Waals surface area contributed by atoms with Crippen LogP contribution in [0.2, 0.25) is 0 Å². The van der Waals surface area contributed by atoms with Crippen molar-refractivity contribution in [3.63, 3.8) is 0 Å². The van der Waals surface area contributed by atoms with Crippen molar-refractivity contribution in [1.29, 1.82) is 0 Å². The Balaban J connectivity index is 3.84. The van der Waals surface area contributed by atoms with E-state index in [9.17, 15) is 8.42 Å². The molecule has 19 heavy (non-hydrogen) atoms. The molecule has 7 nitrogen and oxygen atoms in total. The zero-order valence-electron chi connectivity index (χ0n) is 12.3. The Kier molecular flexibility index (Phi) is 9.54. The lowest BCUT2D eigenvalue weighted by molar-refractivity contribution is 0.203. The molecule has 0 aliphatic carbocycles. The van der Waals surface area contributed by atoms with Crippen LogP contribution in [0.3, 0.4) is 0 Å². The SMILES string of the molecule is CCS(=O)(=O)N(C)CCCNC(=NC)NCCOC. The molecule has 0 spiro atoms. The Morgan fingerprint density at radius 2 is 1.95 bits per heavy atom. The maximum Gasteiger partial charge on any atom is 0.213 e. The van der Waals surface area contributed by atoms with Crippen LogP contribution in [0.1, 0.15) is 13.3 Å². The monoisotopic (exact) mass is 294 g/mol. The van der Waals surface area contributed by atoms with Crippen LogP contribution in [0.5, 0.6) is 0 Å². The minimum atomic E-state index is -3.08. The highest BCUT2D eigenvalue weighted by Crippen LogP contribution is 1.98. The summed E-state index contributed by atoms with van der Waals surface area (Å²) >= 11 is 0. The van der Waals surface area contributed by atoms with Gasteiger partial charge in [-0.15, -0.1) is 0 Å². The molecular formula is C11H26N4O3S. The number of sulfonamides is 1. The molecule has 0 aliphatic heterocycles. The van der Waals surface area contributed by atoms with Gasteiger partial charge in [-0.3, -0.25) is 4.99 Å². The van der Waals surface area contributed by atoms with Crippen molar-refractivity contribution in [2.24, 2.45) is 4.99 Å². The van der Waals surface area contributed by atoms with Gasteiger partial charge in [0.25, 0.3) is 0 Å². The normalized spacial score (nSPS) is 12.8. The van der Waals surface area contributed by atoms with Crippen LogP contribution in [-0.4, -0.2) is 71.9 Å². The molecule has 0 aromatic rings. The topological polar surface area (TPSA) is 83.0 Å². The summed E-state index contributed by atoms with van der Waals surface area (Å²) < 4.78 is 29.3. The molecule has 0 heterocycles. The van der Waals surface area contributed by atoms with Gasteiger partial charge in [0.15, 0.2) is 5.96 Å². The number of hydrogen-bond donors (Lipinski definition) is 2. The summed E-state index contributed by atoms with van der Waals surface area (Å²) in [6.45, 7) is 4.10. The fourth-order valence-corrected chi connectivity index (χ4v) is 2.21. The predicted molar refractivity (Wildman–Crippen MR) is 77.9 cm³/mol. The largest absolute Gasteiger partial charge is 0.383 e. The van der Waals surface area contributed by atoms with Crippen molar-refractivity contribution in [2.45, 2.75) is 13.3 Å². The van der Waals surface area contributed by atoms with E-state index in [4.69, 9.17) is 4.74 Å². The Bertz CT molecular complexity index is 357. The lowest BCUT2D eigenvalue weighted by Crippen LogP contribution is -2.40. The van der Waals surface area contributed by atoms with E-state index in [1.165, 1.54) is 4.31 Å². The van der Waals surface area contributed by atoms with Crippen molar-refractivity contribution in [3.05, 3.63) is 0 Å². The Morgan fingerprint density at radius 1 is 1.32 bits per heavy atom. The van der Waals surface area contributed by atoms with Crippen LogP contribution in [0, 0.1) is 0 Å². The van der Waals surface area contributed by atoms with Crippen LogP contribution in [0.25, 0.3) is 0 Å². The first kappa shape index (κ1) is 18.1. The summed E-state index contributed by atoms with van der Waals surface area (Å²) in [5.41, 5.74) is 0. The minimum absolute atomic E-state index is 0.136. The van der Waals surface area contributed by atoms with E-state index in [1.54, 1.807) is 28.1 Å². The lowest BCUT2D eigenvalue weighted by atomic mass is 10.4. The molecule has 0 saturated carbocycles. The second-order valence-electron chi connectivity index (χ2n) is 3.99. The quantitative estimate of drug-likeness (QED) is 0.339. The Hall–Kier alpha value is -0.860. The van der Waals surface area contributed by atoms with Crippen molar-refractivity contribution in [1.82, 2.24) is 14.9 Å². The van der Waals surface area contributed by atoms with E-state index in [-0.39, 0.29) is 5.75 Å². The second kappa shape index (κ2) is 9.99. The fraction of sp³-hybridized carbons (Fsp3) is 0.909. The van der Waals surface area contributed by atoms with E-state index in [0.717, 1.165) is 6.42 Å². The van der Waals surface area contributed by atoms with Gasteiger partial charge in [-0.25, -0.2) is 12.7 Å². The molecule has 8 heteroatoms. The molecule has 0 unspecified atom stereocenters. The van der Waals surface area contributed by atoms with Crippen LogP contribution >= 0.6 is 0 Å². The summed E-state index contributed by atoms with van der Waals surface area (Å²) in [6, 6.07) is 0. The van der Waals surface area contributed by atoms with Crippen LogP contribution < -0.4 is 10.6 Å². The molecule has 0 amide bonds. The fourth-order valence-electron chi connectivity index (χ4n) is 1.36. The standard InChI is InChI=1S/C11H26N4O3S/c1-5-19(16,17)15(3)9-6-7-13-11(12-2)14-8-10-18-4/h5-10H2,1-4H3,(H2,12,13,14). The first-order valence-electron chi connectivity index (χ1n) is 6.35. The molecule has 114 valence electrons. The van der Waals surface area contributed by atoms with Crippen molar-refractivity contribution >= 4 is 16.0 Å². The van der Waals surface area contributed by atoms with Crippen molar-refractivity contribution < 1.29 is 13.2 Å². The molecule has 0 aromatic carbocycles. The number of rotatable bonds is 9. The number of methoxy groups -OCH3 is 1. The third-order valence-electron chi connectivity index (χ3n) is 2.60. The first-order valence-corrected chi connectivity index (χ1v) is 7.96. The van der Waals surface area contributed by atoms with Gasteiger partial charge in [0, 0.05) is 40.8 Å². The van der Waals surface area contributed by atoms with Gasteiger partial charge < -0.3 is 15.4 Å². The molecule has 0 radical (unpaired) electrons. The molecule has 0 fully saturated rings. The molecule has 0 rings (SSSR count). The number of nitrogens with zero attached hydrogens (tertiary/aromatic N) is 2. The summed E-state index contributed by atoms with van der Waals surface area (Å²) in [5, 5.41) is 6.20. The molecule has 0 bridgehead atoms. The van der Waals surface area contributed by atoms with Crippen LogP contribution in [-0.2, 0) is 14.8 Å². The zero-order chi connectivity index (χ0) is 14.7. The summed E-state index contributed by atoms with van der Waals surface area (Å²) in [4.78, 5) is 4.05. The summed E-state index contributed by atoms with van der Waals surface area (Å²) in [7, 11) is 1.85. The molecule has 0 aromatic heterocycles. The minimum Gasteiger partial charge on any atom is -0.383 e. The smallest absolute Gasteiger partial charge is 0.213 e. The van der Waals surface area contributed by atoms with Gasteiger partial charge in [-0.2, -0.15) is 0 Å². The lowest BCUT2D eigenvalue weighted by Gasteiger charge is -2.16. The number of hydrogen-bond acceptors (Lipinski definition) is 4. The molecule has 0 saturated heterocycles. The number of guanidine groups is 1. The maximum atomic E-state index is 11.5. The van der Waals surface area contributed by atoms with Crippen molar-refractivity contribution in [3.8, 4) is 0 Å². The molecule has 0 atom stereocenters. The second-order valence-corrected chi connectivity index (χ2v) is 6.36. The van der Waals surface area contributed by atoms with Gasteiger partial charge in [0.2, 0.25) is 10.0 Å². The van der Waals surface area contributed by atoms with E-state index in [0.29, 0.717) is 32.2 Å². The predicted octanol–water partition coefficient (Wildman–Crippen LogP) is -0.531. The van der Waals surface area contributed by atoms with Gasteiger partial charge >= 0.3 is 0 Å². The Morgan fingerprint density at radius 3 is 2.47 bits per heavy atom. The average Bonchev–Trinajstić information content (AvgIpc) is 2.41. The van der Waals surface area contributed by atoms with Crippen LogP contribution in [0.15, 0.2) is 4.99 Å². The number of aliphatic imine (C=N–C) groups is 1. The molecule has 2 N–H and O–H groups in total. The highest BCUT2D eigenvalue weighted by molar-refractivity contribution is 7.89. The van der Waals surface area contributed by atoms with E-state index in [1.807, 2.05) is 0 Å². The summed E-state index contributed by atoms with van der Waals surface area (Å²) in [5.74, 6) is 0.829. The Labute approximate surface area is 116 Å². The summed E-state index contributed by atoms with van der Waals surface area (Å²) in [6.07, 6.45) is 0.723. The third-order valence-corrected chi connectivity index (χ3v) is 4.47. The van der Waals surface area contributed by atoms with Gasteiger partial charge in [0.05, 0.1) is 12.4 Å². The zero-order valence-corrected chi connectivity index (χ0v) is 13.1. The first-order chi connectivity index (χ1) is 8.97. The third kappa shape index (κ3) is 8.02. The van der Waals surface area contributed by atoms with Gasteiger partial charge in [-0.1, -0.05) is 0 Å². The maximum absolute atomic E-state index is 11.5. The van der Waals surface area contributed by atoms with Crippen LogP contribution in [0.4, 0.5) is 0 Å². The number of nitrogens with one attached hydrogen (secondary N) is 2. The van der Waals surface area contributed by atoms with Gasteiger partial charge in [-0.05, 0) is 13.3 Å². The highest BCUT2D eigenvalue weighted by atomic mass is 32.2.